The van der Waals surface area contributed by atoms with Crippen LogP contribution in [0.1, 0.15) is 61.6 Å². The molecule has 6 N–H and O–H groups in total. The number of sulfone groups is 1. The van der Waals surface area contributed by atoms with Gasteiger partial charge in [-0.1, -0.05) is 18.2 Å². The van der Waals surface area contributed by atoms with Gasteiger partial charge < -0.3 is 41.5 Å². The number of piperazine rings is 1. The molecule has 5 aliphatic heterocycles. The lowest BCUT2D eigenvalue weighted by molar-refractivity contribution is 0.0730. The molecule has 11 heterocycles. The summed E-state index contributed by atoms with van der Waals surface area (Å²) in [7, 11) is -6.77. The molecule has 0 aliphatic carbocycles. The first kappa shape index (κ1) is 64.8. The number of benzene rings is 6. The smallest absolute Gasteiger partial charge is 0.251 e. The van der Waals surface area contributed by atoms with E-state index in [-0.39, 0.29) is 27.5 Å². The van der Waals surface area contributed by atoms with Crippen LogP contribution in [0.15, 0.2) is 211 Å². The largest absolute Gasteiger partial charge is 0.379 e. The van der Waals surface area contributed by atoms with E-state index < -0.39 is 19.9 Å². The van der Waals surface area contributed by atoms with Crippen LogP contribution in [0.25, 0.3) is 50.7 Å². The summed E-state index contributed by atoms with van der Waals surface area (Å²) >= 11 is 0. The predicted octanol–water partition coefficient (Wildman–Crippen LogP) is 10.9. The van der Waals surface area contributed by atoms with Crippen LogP contribution in [0.5, 0.6) is 0 Å². The molecule has 2 saturated heterocycles. The summed E-state index contributed by atoms with van der Waals surface area (Å²) < 4.78 is 61.8. The molecule has 100 heavy (non-hydrogen) atoms. The first-order valence-electron chi connectivity index (χ1n) is 33.0. The fourth-order valence-electron chi connectivity index (χ4n) is 13.4. The van der Waals surface area contributed by atoms with E-state index in [1.807, 2.05) is 106 Å². The van der Waals surface area contributed by atoms with Crippen molar-refractivity contribution in [1.82, 2.24) is 53.3 Å². The van der Waals surface area contributed by atoms with Gasteiger partial charge in [0.25, 0.3) is 17.7 Å². The lowest BCUT2D eigenvalue weighted by atomic mass is 10.0. The van der Waals surface area contributed by atoms with Crippen molar-refractivity contribution in [2.45, 2.75) is 49.3 Å². The van der Waals surface area contributed by atoms with Crippen molar-refractivity contribution in [2.75, 3.05) is 79.6 Å². The molecular formula is C75H71N15O8S2. The van der Waals surface area contributed by atoms with E-state index in [1.54, 1.807) is 60.9 Å². The minimum Gasteiger partial charge on any atom is -0.379 e. The number of amides is 3. The van der Waals surface area contributed by atoms with Crippen molar-refractivity contribution in [1.29, 1.82) is 0 Å². The van der Waals surface area contributed by atoms with Gasteiger partial charge in [-0.2, -0.15) is 4.31 Å². The summed E-state index contributed by atoms with van der Waals surface area (Å²) in [6.45, 7) is 12.1. The van der Waals surface area contributed by atoms with Crippen molar-refractivity contribution >= 4 is 94.3 Å². The monoisotopic (exact) mass is 1370 g/mol. The number of nitrogens with one attached hydrogen (secondary N) is 6. The zero-order valence-corrected chi connectivity index (χ0v) is 56.6. The molecule has 0 atom stereocenters. The second kappa shape index (κ2) is 26.9. The minimum absolute atomic E-state index is 0.00251. The van der Waals surface area contributed by atoms with E-state index in [0.29, 0.717) is 57.5 Å². The first-order valence-corrected chi connectivity index (χ1v) is 36.3. The average molecular weight is 1370 g/mol. The van der Waals surface area contributed by atoms with Gasteiger partial charge in [0.05, 0.1) is 57.1 Å². The van der Waals surface area contributed by atoms with Crippen molar-refractivity contribution in [3.8, 4) is 33.8 Å². The molecule has 0 spiro atoms. The van der Waals surface area contributed by atoms with Crippen LogP contribution in [-0.4, -0.2) is 137 Å². The van der Waals surface area contributed by atoms with E-state index >= 15 is 0 Å². The number of ether oxygens (including phenoxy) is 1. The molecule has 5 aliphatic rings. The number of nitrogens with zero attached hydrogens (tertiary/aromatic N) is 9. The highest BCUT2D eigenvalue weighted by atomic mass is 32.2. The summed E-state index contributed by atoms with van der Waals surface area (Å²) in [6, 6.07) is 52.4. The number of sulfonamides is 1. The standard InChI is InChI=1S/C28H30N6O.C25H23N5O4S.C22H18N4O3S/c1-19(2)32-13-15-33(16-14-32)23-6-4-22(5-7-23)31-25-9-10-26(34-12-11-29-27(25)34)20-3-8-24-21(17-20)18-30-28(24)35;31-25-21-6-1-17(15-18(21)16-27-25)23-8-7-22(24-26-9-10-30(23)24)28-19-2-4-20(5-3-19)35(32,33)29-11-13-34-14-12-29;1-30(28,29)17-5-3-16(4-6-17)25-19-8-9-20(26-11-10-23-21(19)26)14-2-7-18-15(12-14)13-24-22(18)27/h3-12,17,19,31H,13-16,18H2,1-2H3,(H,30,35);1-10,15,28H,11-14,16H2,(H,27,31);2-12,25H,13H2,1H3,(H,24,27). The molecule has 3 amide bonds. The van der Waals surface area contributed by atoms with Gasteiger partial charge in [0.1, 0.15) is 0 Å². The Labute approximate surface area is 577 Å². The zero-order chi connectivity index (χ0) is 68.8. The lowest BCUT2D eigenvalue weighted by Gasteiger charge is -2.38. The van der Waals surface area contributed by atoms with Gasteiger partial charge in [-0.25, -0.2) is 31.8 Å². The Hall–Kier alpha value is -11.2. The topological polar surface area (TPSA) is 263 Å². The average Bonchev–Trinajstić information content (AvgIpc) is 1.57. The van der Waals surface area contributed by atoms with E-state index in [0.717, 1.165) is 139 Å². The Morgan fingerprint density at radius 1 is 0.440 bits per heavy atom. The summed E-state index contributed by atoms with van der Waals surface area (Å²) in [6.07, 6.45) is 12.2. The van der Waals surface area contributed by atoms with Crippen molar-refractivity contribution in [2.24, 2.45) is 0 Å². The predicted molar refractivity (Wildman–Crippen MR) is 386 cm³/mol. The number of morpholine rings is 1. The summed E-state index contributed by atoms with van der Waals surface area (Å²) in [4.78, 5) is 54.8. The van der Waals surface area contributed by atoms with Gasteiger partial charge >= 0.3 is 0 Å². The van der Waals surface area contributed by atoms with Crippen molar-refractivity contribution < 1.29 is 36.0 Å². The third-order valence-corrected chi connectivity index (χ3v) is 21.8. The molecule has 2 fully saturated rings. The van der Waals surface area contributed by atoms with Gasteiger partial charge in [0.15, 0.2) is 26.8 Å². The molecule has 506 valence electrons. The minimum atomic E-state index is -3.54. The number of fused-ring (bicyclic) bond motifs is 6. The SMILES string of the molecule is CC(C)N1CCN(c2ccc(Nc3ccc(-c4ccc5c(c4)CNC5=O)n4ccnc34)cc2)CC1.CS(=O)(=O)c1ccc(Nc2ccc(-c3ccc4c(c3)CNC4=O)n3ccnc23)cc1.O=C1NCc2cc(-c3ccc(Nc4ccc(S(=O)(=O)N5CCOCC5)cc4)c4nccn34)ccc21. The highest BCUT2D eigenvalue weighted by Crippen LogP contribution is 2.35. The summed E-state index contributed by atoms with van der Waals surface area (Å²) in [5.74, 6) is -0.0730. The maximum atomic E-state index is 12.9. The quantitative estimate of drug-likeness (QED) is 0.0591. The first-order chi connectivity index (χ1) is 48.5. The number of anilines is 7. The number of carbonyl (C=O) groups excluding carboxylic acids is 3. The highest BCUT2D eigenvalue weighted by molar-refractivity contribution is 7.90. The molecule has 0 radical (unpaired) electrons. The normalized spacial score (nSPS) is 15.3. The maximum Gasteiger partial charge on any atom is 0.251 e. The van der Waals surface area contributed by atoms with E-state index in [2.05, 4.69) is 117 Å². The number of hydrogen-bond acceptors (Lipinski definition) is 16. The van der Waals surface area contributed by atoms with Crippen molar-refractivity contribution in [3.05, 3.63) is 234 Å². The van der Waals surface area contributed by atoms with Crippen LogP contribution in [-0.2, 0) is 44.2 Å². The van der Waals surface area contributed by atoms with Gasteiger partial charge in [-0.05, 0) is 193 Å². The molecule has 6 aromatic carbocycles. The Balaban J connectivity index is 0.000000122. The van der Waals surface area contributed by atoms with Crippen LogP contribution >= 0.6 is 0 Å². The molecule has 0 saturated carbocycles. The Bertz CT molecular complexity index is 5390. The number of carbonyl (C=O) groups is 3. The molecule has 0 bridgehead atoms. The Morgan fingerprint density at radius 3 is 1.18 bits per heavy atom. The molecule has 25 heteroatoms. The highest BCUT2D eigenvalue weighted by Gasteiger charge is 2.28. The van der Waals surface area contributed by atoms with E-state index in [1.165, 1.54) is 16.2 Å². The Morgan fingerprint density at radius 2 is 0.810 bits per heavy atom. The Kier molecular flexibility index (Phi) is 17.4. The van der Waals surface area contributed by atoms with Crippen molar-refractivity contribution in [3.63, 3.8) is 0 Å². The number of rotatable bonds is 14. The summed E-state index contributed by atoms with van der Waals surface area (Å²) in [5.41, 5.74) is 19.9. The zero-order valence-electron chi connectivity index (χ0n) is 55.0. The van der Waals surface area contributed by atoms with Crippen LogP contribution in [0.4, 0.5) is 39.8 Å². The van der Waals surface area contributed by atoms with Gasteiger partial charge in [-0.15, -0.1) is 0 Å². The van der Waals surface area contributed by atoms with Crippen LogP contribution in [0.3, 0.4) is 0 Å². The number of imidazole rings is 3. The van der Waals surface area contributed by atoms with E-state index in [4.69, 9.17) is 4.74 Å². The number of aromatic nitrogens is 6. The summed E-state index contributed by atoms with van der Waals surface area (Å²) in [5, 5.41) is 18.8. The fourth-order valence-corrected chi connectivity index (χ4v) is 15.4. The fraction of sp³-hybridized carbons (Fsp3) is 0.200. The molecular weight excluding hydrogens is 1300 g/mol. The second-order valence-electron chi connectivity index (χ2n) is 25.3. The number of hydrogen-bond donors (Lipinski definition) is 6. The van der Waals surface area contributed by atoms with Gasteiger partial charge in [0.2, 0.25) is 10.0 Å². The third kappa shape index (κ3) is 13.0. The van der Waals surface area contributed by atoms with E-state index in [9.17, 15) is 31.2 Å². The molecule has 23 nitrogen and oxygen atoms in total. The number of pyridine rings is 3. The van der Waals surface area contributed by atoms with Crippen LogP contribution in [0, 0.1) is 0 Å². The molecule has 12 aromatic rings. The van der Waals surface area contributed by atoms with Gasteiger partial charge in [-0.3, -0.25) is 32.5 Å². The second-order valence-corrected chi connectivity index (χ2v) is 29.3. The van der Waals surface area contributed by atoms with Crippen LogP contribution < -0.4 is 36.8 Å². The lowest BCUT2D eigenvalue weighted by Crippen LogP contribution is -2.48. The molecule has 17 rings (SSSR count). The van der Waals surface area contributed by atoms with Crippen LogP contribution in [0.2, 0.25) is 0 Å². The maximum absolute atomic E-state index is 12.9. The molecule has 0 unspecified atom stereocenters. The van der Waals surface area contributed by atoms with Gasteiger partial charge in [0, 0.05) is 148 Å². The molecule has 6 aromatic heterocycles. The third-order valence-electron chi connectivity index (χ3n) is 18.8.